The minimum absolute atomic E-state index is 0.0935. The van der Waals surface area contributed by atoms with Gasteiger partial charge in [-0.15, -0.1) is 0 Å². The van der Waals surface area contributed by atoms with Gasteiger partial charge in [0, 0.05) is 0 Å². The van der Waals surface area contributed by atoms with Crippen molar-refractivity contribution in [3.8, 4) is 0 Å². The van der Waals surface area contributed by atoms with Gasteiger partial charge in [-0.1, -0.05) is 51.0 Å². The molecule has 0 aliphatic rings. The van der Waals surface area contributed by atoms with Crippen LogP contribution in [0.4, 0.5) is 0 Å². The van der Waals surface area contributed by atoms with Gasteiger partial charge >= 0.3 is 8.46 Å². The zero-order chi connectivity index (χ0) is 10.9. The van der Waals surface area contributed by atoms with Crippen LogP contribution in [0, 0.1) is 5.41 Å². The Bertz CT molecular complexity index is 133. The predicted octanol–water partition coefficient (Wildman–Crippen LogP) is 4.79. The Morgan fingerprint density at radius 3 is 1.93 bits per heavy atom. The SMILES string of the molecule is CCC(CC)(CC)CCCCC[PH+]=O. The van der Waals surface area contributed by atoms with Crippen molar-refractivity contribution in [2.75, 3.05) is 6.16 Å². The first-order chi connectivity index (χ1) is 6.74. The van der Waals surface area contributed by atoms with Crippen molar-refractivity contribution in [3.63, 3.8) is 0 Å². The standard InChI is InChI=1S/C12H25OP/c1-4-12(5-2,6-3)10-8-7-9-11-14-13/h4-11H2,1-3H3/p+1. The molecule has 0 amide bonds. The number of rotatable bonds is 9. The van der Waals surface area contributed by atoms with E-state index in [-0.39, 0.29) is 8.46 Å². The Morgan fingerprint density at radius 1 is 0.929 bits per heavy atom. The molecule has 0 bridgehead atoms. The Balaban J connectivity index is 3.65. The van der Waals surface area contributed by atoms with Crippen molar-refractivity contribution in [1.82, 2.24) is 0 Å². The van der Waals surface area contributed by atoms with Crippen LogP contribution in [0.1, 0.15) is 65.7 Å². The molecule has 84 valence electrons. The van der Waals surface area contributed by atoms with Crippen LogP contribution in [-0.4, -0.2) is 6.16 Å². The lowest BCUT2D eigenvalue weighted by atomic mass is 9.76. The van der Waals surface area contributed by atoms with Crippen LogP contribution >= 0.6 is 8.46 Å². The molecule has 0 aromatic heterocycles. The highest BCUT2D eigenvalue weighted by Crippen LogP contribution is 2.36. The van der Waals surface area contributed by atoms with Gasteiger partial charge in [0.15, 0.2) is 0 Å². The minimum atomic E-state index is -0.0935. The van der Waals surface area contributed by atoms with Crippen molar-refractivity contribution >= 4 is 8.46 Å². The average Bonchev–Trinajstić information content (AvgIpc) is 2.24. The monoisotopic (exact) mass is 217 g/mol. The molecule has 0 saturated carbocycles. The molecule has 0 heterocycles. The molecule has 0 fully saturated rings. The Kier molecular flexibility index (Phi) is 8.47. The van der Waals surface area contributed by atoms with Crippen molar-refractivity contribution < 1.29 is 4.57 Å². The van der Waals surface area contributed by atoms with Crippen LogP contribution < -0.4 is 0 Å². The zero-order valence-corrected chi connectivity index (χ0v) is 11.1. The molecule has 14 heavy (non-hydrogen) atoms. The first kappa shape index (κ1) is 14.1. The summed E-state index contributed by atoms with van der Waals surface area (Å²) in [4.78, 5) is 0. The van der Waals surface area contributed by atoms with Crippen LogP contribution in [0.3, 0.4) is 0 Å². The van der Waals surface area contributed by atoms with Gasteiger partial charge in [-0.2, -0.15) is 0 Å². The lowest BCUT2D eigenvalue weighted by Gasteiger charge is -2.30. The van der Waals surface area contributed by atoms with E-state index < -0.39 is 0 Å². The quantitative estimate of drug-likeness (QED) is 0.401. The van der Waals surface area contributed by atoms with Crippen LogP contribution in [-0.2, 0) is 4.57 Å². The normalized spacial score (nSPS) is 12.2. The predicted molar refractivity (Wildman–Crippen MR) is 65.6 cm³/mol. The highest BCUT2D eigenvalue weighted by molar-refractivity contribution is 7.23. The Morgan fingerprint density at radius 2 is 1.50 bits per heavy atom. The number of unbranched alkanes of at least 4 members (excludes halogenated alkanes) is 2. The van der Waals surface area contributed by atoms with Gasteiger partial charge in [0.2, 0.25) is 0 Å². The van der Waals surface area contributed by atoms with E-state index in [2.05, 4.69) is 20.8 Å². The van der Waals surface area contributed by atoms with Gasteiger partial charge in [-0.25, -0.2) is 0 Å². The van der Waals surface area contributed by atoms with Crippen LogP contribution in [0.25, 0.3) is 0 Å². The summed E-state index contributed by atoms with van der Waals surface area (Å²) in [5.41, 5.74) is 0.597. The fourth-order valence-corrected chi connectivity index (χ4v) is 2.55. The largest absolute Gasteiger partial charge is 0.324 e. The first-order valence-corrected chi connectivity index (χ1v) is 7.21. The zero-order valence-electron chi connectivity index (χ0n) is 10.1. The maximum absolute atomic E-state index is 10.3. The second kappa shape index (κ2) is 8.41. The van der Waals surface area contributed by atoms with Crippen molar-refractivity contribution in [2.45, 2.75) is 65.7 Å². The van der Waals surface area contributed by atoms with Gasteiger partial charge in [-0.05, 0) is 24.7 Å². The molecule has 1 nitrogen and oxygen atoms in total. The van der Waals surface area contributed by atoms with E-state index in [1.165, 1.54) is 38.5 Å². The third kappa shape index (κ3) is 5.10. The lowest BCUT2D eigenvalue weighted by molar-refractivity contribution is 0.221. The Hall–Kier alpha value is 0.100. The molecule has 0 saturated heterocycles. The van der Waals surface area contributed by atoms with E-state index in [4.69, 9.17) is 0 Å². The maximum Gasteiger partial charge on any atom is 0.324 e. The van der Waals surface area contributed by atoms with E-state index in [9.17, 15) is 4.57 Å². The third-order valence-corrected chi connectivity index (χ3v) is 4.29. The van der Waals surface area contributed by atoms with Gasteiger partial charge < -0.3 is 0 Å². The number of hydrogen-bond donors (Lipinski definition) is 0. The van der Waals surface area contributed by atoms with E-state index in [0.29, 0.717) is 5.41 Å². The maximum atomic E-state index is 10.3. The summed E-state index contributed by atoms with van der Waals surface area (Å²) >= 11 is 0. The molecule has 0 spiro atoms. The van der Waals surface area contributed by atoms with E-state index in [1.807, 2.05) is 0 Å². The summed E-state index contributed by atoms with van der Waals surface area (Å²) in [6.45, 7) is 6.93. The van der Waals surface area contributed by atoms with Crippen LogP contribution in [0.2, 0.25) is 0 Å². The van der Waals surface area contributed by atoms with Gasteiger partial charge in [-0.3, -0.25) is 0 Å². The fourth-order valence-electron chi connectivity index (χ4n) is 2.15. The van der Waals surface area contributed by atoms with E-state index in [1.54, 1.807) is 0 Å². The molecule has 0 aromatic carbocycles. The molecule has 0 aliphatic carbocycles. The molecule has 0 rings (SSSR count). The Labute approximate surface area is 90.9 Å². The summed E-state index contributed by atoms with van der Waals surface area (Å²) in [7, 11) is -0.0935. The second-order valence-electron chi connectivity index (χ2n) is 4.27. The van der Waals surface area contributed by atoms with Crippen molar-refractivity contribution in [3.05, 3.63) is 0 Å². The lowest BCUT2D eigenvalue weighted by Crippen LogP contribution is -2.17. The highest BCUT2D eigenvalue weighted by atomic mass is 31.1. The summed E-state index contributed by atoms with van der Waals surface area (Å²) in [5.74, 6) is 0. The smallest absolute Gasteiger partial charge is 0.0775 e. The van der Waals surface area contributed by atoms with Crippen molar-refractivity contribution in [1.29, 1.82) is 0 Å². The molecule has 0 aromatic rings. The third-order valence-electron chi connectivity index (χ3n) is 3.74. The van der Waals surface area contributed by atoms with Gasteiger partial charge in [0.05, 0.1) is 0 Å². The average molecular weight is 217 g/mol. The molecule has 0 aliphatic heterocycles. The summed E-state index contributed by atoms with van der Waals surface area (Å²) in [6.07, 6.45) is 9.91. The minimum Gasteiger partial charge on any atom is -0.0775 e. The molecule has 0 radical (unpaired) electrons. The topological polar surface area (TPSA) is 17.1 Å². The number of hydrogen-bond acceptors (Lipinski definition) is 1. The molecule has 1 unspecified atom stereocenters. The van der Waals surface area contributed by atoms with Crippen molar-refractivity contribution in [2.24, 2.45) is 5.41 Å². The molecule has 1 atom stereocenters. The fraction of sp³-hybridized carbons (Fsp3) is 1.00. The van der Waals surface area contributed by atoms with Crippen LogP contribution in [0.5, 0.6) is 0 Å². The summed E-state index contributed by atoms with van der Waals surface area (Å²) in [6, 6.07) is 0. The van der Waals surface area contributed by atoms with Crippen LogP contribution in [0.15, 0.2) is 0 Å². The first-order valence-electron chi connectivity index (χ1n) is 6.09. The molecule has 0 N–H and O–H groups in total. The van der Waals surface area contributed by atoms with Gasteiger partial charge in [0.25, 0.3) is 0 Å². The van der Waals surface area contributed by atoms with E-state index in [0.717, 1.165) is 12.6 Å². The molecular formula is C12H26OP+. The molecular weight excluding hydrogens is 191 g/mol. The molecule has 2 heteroatoms. The summed E-state index contributed by atoms with van der Waals surface area (Å²) < 4.78 is 10.3. The van der Waals surface area contributed by atoms with Gasteiger partial charge in [0.1, 0.15) is 6.16 Å². The van der Waals surface area contributed by atoms with E-state index >= 15 is 0 Å². The highest BCUT2D eigenvalue weighted by Gasteiger charge is 2.22. The summed E-state index contributed by atoms with van der Waals surface area (Å²) in [5, 5.41) is 0. The second-order valence-corrected chi connectivity index (χ2v) is 5.05.